The molecular weight excluding hydrogens is 263 g/mol. The number of nitrogens with zero attached hydrogens (tertiary/aromatic N) is 2. The highest BCUT2D eigenvalue weighted by atomic mass is 19.1. The van der Waals surface area contributed by atoms with E-state index in [0.29, 0.717) is 25.0 Å². The Bertz CT molecular complexity index is 411. The summed E-state index contributed by atoms with van der Waals surface area (Å²) in [6.45, 7) is 6.65. The number of ether oxygens (including phenoxy) is 1. The number of alkyl carbamates (subject to hydrolysis) is 1. The van der Waals surface area contributed by atoms with Gasteiger partial charge in [0.05, 0.1) is 19.0 Å². The van der Waals surface area contributed by atoms with Gasteiger partial charge >= 0.3 is 6.09 Å². The molecule has 1 rings (SSSR count). The van der Waals surface area contributed by atoms with E-state index in [4.69, 9.17) is 4.74 Å². The topological polar surface area (TPSA) is 76.1 Å². The van der Waals surface area contributed by atoms with Gasteiger partial charge in [0.1, 0.15) is 0 Å². The highest BCUT2D eigenvalue weighted by Gasteiger charge is 2.15. The number of amides is 1. The van der Waals surface area contributed by atoms with Gasteiger partial charge in [-0.3, -0.25) is 0 Å². The van der Waals surface area contributed by atoms with Crippen LogP contribution in [0.5, 0.6) is 0 Å². The van der Waals surface area contributed by atoms with Gasteiger partial charge in [-0.2, -0.15) is 0 Å². The van der Waals surface area contributed by atoms with Gasteiger partial charge in [-0.25, -0.2) is 19.2 Å². The fourth-order valence-corrected chi connectivity index (χ4v) is 1.72. The minimum Gasteiger partial charge on any atom is -0.450 e. The Morgan fingerprint density at radius 2 is 2.05 bits per heavy atom. The zero-order valence-corrected chi connectivity index (χ0v) is 12.0. The van der Waals surface area contributed by atoms with E-state index in [1.54, 1.807) is 6.92 Å². The maximum absolute atomic E-state index is 12.7. The zero-order chi connectivity index (χ0) is 15.0. The molecule has 0 bridgehead atoms. The summed E-state index contributed by atoms with van der Waals surface area (Å²) < 4.78 is 17.6. The van der Waals surface area contributed by atoms with Crippen LogP contribution in [0.1, 0.15) is 27.2 Å². The Morgan fingerprint density at radius 3 is 2.60 bits per heavy atom. The summed E-state index contributed by atoms with van der Waals surface area (Å²) in [5, 5.41) is 5.74. The van der Waals surface area contributed by atoms with Crippen molar-refractivity contribution < 1.29 is 13.9 Å². The van der Waals surface area contributed by atoms with Crippen LogP contribution in [0.15, 0.2) is 12.4 Å². The van der Waals surface area contributed by atoms with Crippen LogP contribution in [0.25, 0.3) is 0 Å². The van der Waals surface area contributed by atoms with Crippen LogP contribution in [-0.2, 0) is 4.74 Å². The fourth-order valence-electron chi connectivity index (χ4n) is 1.72. The van der Waals surface area contributed by atoms with E-state index in [0.717, 1.165) is 18.8 Å². The van der Waals surface area contributed by atoms with Gasteiger partial charge in [0.15, 0.2) is 5.82 Å². The van der Waals surface area contributed by atoms with Crippen molar-refractivity contribution in [1.29, 1.82) is 0 Å². The van der Waals surface area contributed by atoms with Crippen LogP contribution in [0.2, 0.25) is 0 Å². The highest BCUT2D eigenvalue weighted by molar-refractivity contribution is 5.67. The molecule has 0 aliphatic heterocycles. The minimum atomic E-state index is -0.487. The molecule has 1 amide bonds. The van der Waals surface area contributed by atoms with E-state index in [2.05, 4.69) is 34.4 Å². The average Bonchev–Trinajstić information content (AvgIpc) is 2.37. The molecule has 20 heavy (non-hydrogen) atoms. The van der Waals surface area contributed by atoms with Crippen molar-refractivity contribution in [2.24, 2.45) is 5.92 Å². The van der Waals surface area contributed by atoms with Crippen molar-refractivity contribution in [1.82, 2.24) is 15.3 Å². The van der Waals surface area contributed by atoms with Crippen molar-refractivity contribution >= 4 is 12.0 Å². The van der Waals surface area contributed by atoms with E-state index >= 15 is 0 Å². The van der Waals surface area contributed by atoms with E-state index in [1.165, 1.54) is 0 Å². The van der Waals surface area contributed by atoms with Gasteiger partial charge < -0.3 is 15.4 Å². The monoisotopic (exact) mass is 284 g/mol. The van der Waals surface area contributed by atoms with Gasteiger partial charge in [0.2, 0.25) is 5.95 Å². The first kappa shape index (κ1) is 16.1. The molecule has 7 heteroatoms. The predicted octanol–water partition coefficient (Wildman–Crippen LogP) is 2.19. The molecule has 0 saturated carbocycles. The molecule has 0 spiro atoms. The van der Waals surface area contributed by atoms with E-state index in [1.807, 2.05) is 0 Å². The normalized spacial score (nSPS) is 12.1. The minimum absolute atomic E-state index is 0.109. The first-order valence-electron chi connectivity index (χ1n) is 6.66. The number of carbonyl (C=O) groups is 1. The van der Waals surface area contributed by atoms with Gasteiger partial charge in [-0.05, 0) is 19.3 Å². The molecule has 6 nitrogen and oxygen atoms in total. The SMILES string of the molecule is CCOC(=O)N[C@H](CNc1ncc(F)cn1)CC(C)C. The molecule has 0 saturated heterocycles. The van der Waals surface area contributed by atoms with Gasteiger partial charge in [0.25, 0.3) is 0 Å². The fraction of sp³-hybridized carbons (Fsp3) is 0.615. The summed E-state index contributed by atoms with van der Waals surface area (Å²) >= 11 is 0. The number of rotatable bonds is 7. The van der Waals surface area contributed by atoms with Crippen molar-refractivity contribution in [3.05, 3.63) is 18.2 Å². The molecule has 0 aliphatic rings. The number of anilines is 1. The summed E-state index contributed by atoms with van der Waals surface area (Å²) in [6.07, 6.45) is 2.52. The molecule has 0 aliphatic carbocycles. The highest BCUT2D eigenvalue weighted by Crippen LogP contribution is 2.06. The summed E-state index contributed by atoms with van der Waals surface area (Å²) in [5.41, 5.74) is 0. The lowest BCUT2D eigenvalue weighted by atomic mass is 10.0. The van der Waals surface area contributed by atoms with Crippen molar-refractivity contribution in [2.45, 2.75) is 33.2 Å². The van der Waals surface area contributed by atoms with Crippen LogP contribution >= 0.6 is 0 Å². The van der Waals surface area contributed by atoms with Crippen LogP contribution in [0, 0.1) is 11.7 Å². The molecule has 1 heterocycles. The largest absolute Gasteiger partial charge is 0.450 e. The molecule has 1 aromatic heterocycles. The van der Waals surface area contributed by atoms with Crippen LogP contribution < -0.4 is 10.6 Å². The number of carbonyl (C=O) groups excluding carboxylic acids is 1. The Balaban J connectivity index is 2.51. The van der Waals surface area contributed by atoms with Gasteiger partial charge in [-0.15, -0.1) is 0 Å². The molecule has 0 unspecified atom stereocenters. The third-order valence-electron chi connectivity index (χ3n) is 2.48. The van der Waals surface area contributed by atoms with Crippen LogP contribution in [-0.4, -0.2) is 35.3 Å². The third-order valence-corrected chi connectivity index (χ3v) is 2.48. The molecular formula is C13H21FN4O2. The Morgan fingerprint density at radius 1 is 1.40 bits per heavy atom. The van der Waals surface area contributed by atoms with E-state index in [9.17, 15) is 9.18 Å². The first-order chi connectivity index (χ1) is 9.51. The quantitative estimate of drug-likeness (QED) is 0.802. The molecule has 2 N–H and O–H groups in total. The Labute approximate surface area is 118 Å². The average molecular weight is 284 g/mol. The number of hydrogen-bond donors (Lipinski definition) is 2. The first-order valence-corrected chi connectivity index (χ1v) is 6.66. The lowest BCUT2D eigenvalue weighted by Gasteiger charge is -2.20. The van der Waals surface area contributed by atoms with E-state index in [-0.39, 0.29) is 6.04 Å². The van der Waals surface area contributed by atoms with E-state index < -0.39 is 11.9 Å². The smallest absolute Gasteiger partial charge is 0.407 e. The van der Waals surface area contributed by atoms with Gasteiger partial charge in [0, 0.05) is 12.6 Å². The molecule has 0 aromatic carbocycles. The summed E-state index contributed by atoms with van der Waals surface area (Å²) in [5.74, 6) is 0.252. The maximum Gasteiger partial charge on any atom is 0.407 e. The molecule has 1 aromatic rings. The standard InChI is InChI=1S/C13H21FN4O2/c1-4-20-13(19)18-11(5-9(2)3)8-17-12-15-6-10(14)7-16-12/h6-7,9,11H,4-5,8H2,1-3H3,(H,18,19)(H,15,16,17)/t11-/m0/s1. The number of nitrogens with one attached hydrogen (secondary N) is 2. The lowest BCUT2D eigenvalue weighted by Crippen LogP contribution is -2.41. The Kier molecular flexibility index (Phi) is 6.69. The molecule has 0 fully saturated rings. The molecule has 112 valence electrons. The summed E-state index contributed by atoms with van der Waals surface area (Å²) in [4.78, 5) is 19.1. The number of aromatic nitrogens is 2. The predicted molar refractivity (Wildman–Crippen MR) is 73.9 cm³/mol. The van der Waals surface area contributed by atoms with Crippen molar-refractivity contribution in [2.75, 3.05) is 18.5 Å². The second kappa shape index (κ2) is 8.29. The second-order valence-electron chi connectivity index (χ2n) is 4.80. The lowest BCUT2D eigenvalue weighted by molar-refractivity contribution is 0.147. The third kappa shape index (κ3) is 6.31. The maximum atomic E-state index is 12.7. The summed E-state index contributed by atoms with van der Waals surface area (Å²) in [6, 6.07) is -0.109. The van der Waals surface area contributed by atoms with Gasteiger partial charge in [-0.1, -0.05) is 13.8 Å². The zero-order valence-electron chi connectivity index (χ0n) is 12.0. The number of halogens is 1. The second-order valence-corrected chi connectivity index (χ2v) is 4.80. The Hall–Kier alpha value is -1.92. The van der Waals surface area contributed by atoms with Crippen molar-refractivity contribution in [3.63, 3.8) is 0 Å². The van der Waals surface area contributed by atoms with Crippen molar-refractivity contribution in [3.8, 4) is 0 Å². The molecule has 1 atom stereocenters. The number of hydrogen-bond acceptors (Lipinski definition) is 5. The summed E-state index contributed by atoms with van der Waals surface area (Å²) in [7, 11) is 0. The van der Waals surface area contributed by atoms with Crippen LogP contribution in [0.4, 0.5) is 15.1 Å². The molecule has 0 radical (unpaired) electrons. The van der Waals surface area contributed by atoms with Crippen LogP contribution in [0.3, 0.4) is 0 Å².